The van der Waals surface area contributed by atoms with E-state index in [9.17, 15) is 18.8 Å². The summed E-state index contributed by atoms with van der Waals surface area (Å²) in [5.41, 5.74) is 3.98. The molecule has 0 atom stereocenters. The van der Waals surface area contributed by atoms with Crippen LogP contribution in [0.4, 0.5) is 14.9 Å². The minimum absolute atomic E-state index is 0.149. The van der Waals surface area contributed by atoms with E-state index in [0.717, 1.165) is 21.6 Å². The highest BCUT2D eigenvalue weighted by Crippen LogP contribution is 2.28. The van der Waals surface area contributed by atoms with Gasteiger partial charge in [0.1, 0.15) is 11.4 Å². The van der Waals surface area contributed by atoms with Crippen LogP contribution in [0, 0.1) is 19.7 Å². The van der Waals surface area contributed by atoms with E-state index in [1.807, 2.05) is 26.0 Å². The zero-order valence-electron chi connectivity index (χ0n) is 18.0. The normalized spacial score (nSPS) is 15.2. The van der Waals surface area contributed by atoms with Gasteiger partial charge in [-0.2, -0.15) is 0 Å². The van der Waals surface area contributed by atoms with Gasteiger partial charge < -0.3 is 0 Å². The molecule has 1 aliphatic heterocycles. The van der Waals surface area contributed by atoms with Gasteiger partial charge in [0.25, 0.3) is 11.8 Å². The summed E-state index contributed by atoms with van der Waals surface area (Å²) < 4.78 is 14.7. The Morgan fingerprint density at radius 2 is 1.73 bits per heavy atom. The number of carbonyl (C=O) groups is 3. The number of barbiturate groups is 1. The second kappa shape index (κ2) is 9.11. The van der Waals surface area contributed by atoms with E-state index < -0.39 is 17.8 Å². The van der Waals surface area contributed by atoms with Gasteiger partial charge in [0.05, 0.1) is 5.69 Å². The third kappa shape index (κ3) is 4.50. The fraction of sp³-hybridized carbons (Fsp3) is 0.115. The highest BCUT2D eigenvalue weighted by molar-refractivity contribution is 9.10. The van der Waals surface area contributed by atoms with Crippen LogP contribution < -0.4 is 10.2 Å². The Morgan fingerprint density at radius 1 is 0.970 bits per heavy atom. The average Bonchev–Trinajstić information content (AvgIpc) is 2.77. The number of benzene rings is 3. The number of urea groups is 1. The van der Waals surface area contributed by atoms with Crippen molar-refractivity contribution >= 4 is 45.5 Å². The predicted molar refractivity (Wildman–Crippen MR) is 128 cm³/mol. The topological polar surface area (TPSA) is 66.5 Å². The molecule has 1 heterocycles. The molecule has 3 aromatic carbocycles. The minimum Gasteiger partial charge on any atom is -0.273 e. The lowest BCUT2D eigenvalue weighted by molar-refractivity contribution is -0.122. The highest BCUT2D eigenvalue weighted by atomic mass is 79.9. The number of aryl methyl sites for hydroxylation is 1. The highest BCUT2D eigenvalue weighted by Gasteiger charge is 2.37. The third-order valence-electron chi connectivity index (χ3n) is 5.65. The van der Waals surface area contributed by atoms with Gasteiger partial charge in [0.15, 0.2) is 0 Å². The Bertz CT molecular complexity index is 1330. The molecule has 4 rings (SSSR count). The number of rotatable bonds is 4. The van der Waals surface area contributed by atoms with Crippen LogP contribution >= 0.6 is 15.9 Å². The van der Waals surface area contributed by atoms with Gasteiger partial charge in [0.2, 0.25) is 0 Å². The van der Waals surface area contributed by atoms with Crippen molar-refractivity contribution in [2.24, 2.45) is 0 Å². The molecular weight excluding hydrogens is 487 g/mol. The van der Waals surface area contributed by atoms with Crippen molar-refractivity contribution in [2.45, 2.75) is 20.3 Å². The summed E-state index contributed by atoms with van der Waals surface area (Å²) >= 11 is 3.50. The van der Waals surface area contributed by atoms with Crippen LogP contribution in [0.1, 0.15) is 27.8 Å². The van der Waals surface area contributed by atoms with Crippen LogP contribution in [-0.4, -0.2) is 17.8 Å². The lowest BCUT2D eigenvalue weighted by Gasteiger charge is -2.28. The molecule has 5 nitrogen and oxygen atoms in total. The number of nitrogens with zero attached hydrogens (tertiary/aromatic N) is 1. The monoisotopic (exact) mass is 506 g/mol. The van der Waals surface area contributed by atoms with E-state index >= 15 is 0 Å². The standard InChI is InChI=1S/C26H20BrFN2O3/c1-15-6-5-9-23(16(15)2)30-25(32)20(24(31)29-26(30)33)12-17-10-11-18(21(27)13-17)14-19-7-3-4-8-22(19)28/h3-13H,14H2,1-2H3,(H,29,31,33)/b20-12+. The minimum atomic E-state index is -0.780. The zero-order chi connectivity index (χ0) is 23.7. The van der Waals surface area contributed by atoms with E-state index in [0.29, 0.717) is 27.7 Å². The Hall–Kier alpha value is -3.58. The maximum absolute atomic E-state index is 14.0. The van der Waals surface area contributed by atoms with Crippen molar-refractivity contribution in [1.82, 2.24) is 5.32 Å². The molecule has 166 valence electrons. The molecule has 33 heavy (non-hydrogen) atoms. The van der Waals surface area contributed by atoms with E-state index in [-0.39, 0.29) is 11.4 Å². The predicted octanol–water partition coefficient (Wildman–Crippen LogP) is 5.46. The van der Waals surface area contributed by atoms with Crippen LogP contribution in [0.2, 0.25) is 0 Å². The maximum Gasteiger partial charge on any atom is 0.335 e. The third-order valence-corrected chi connectivity index (χ3v) is 6.38. The zero-order valence-corrected chi connectivity index (χ0v) is 19.6. The molecule has 0 spiro atoms. The maximum atomic E-state index is 14.0. The molecule has 1 fully saturated rings. The lowest BCUT2D eigenvalue weighted by atomic mass is 10.0. The quantitative estimate of drug-likeness (QED) is 0.377. The Labute approximate surface area is 199 Å². The summed E-state index contributed by atoms with van der Waals surface area (Å²) in [7, 11) is 0. The van der Waals surface area contributed by atoms with E-state index in [4.69, 9.17) is 0 Å². The molecule has 0 aromatic heterocycles. The summed E-state index contributed by atoms with van der Waals surface area (Å²) in [6.45, 7) is 3.70. The van der Waals surface area contributed by atoms with Gasteiger partial charge in [-0.1, -0.05) is 58.4 Å². The van der Waals surface area contributed by atoms with Crippen molar-refractivity contribution < 1.29 is 18.8 Å². The van der Waals surface area contributed by atoms with Crippen molar-refractivity contribution in [3.63, 3.8) is 0 Å². The van der Waals surface area contributed by atoms with Gasteiger partial charge >= 0.3 is 6.03 Å². The van der Waals surface area contributed by atoms with Crippen LogP contribution in [0.3, 0.4) is 0 Å². The van der Waals surface area contributed by atoms with Crippen LogP contribution in [0.5, 0.6) is 0 Å². The van der Waals surface area contributed by atoms with Gasteiger partial charge in [-0.05, 0) is 65.9 Å². The molecule has 1 saturated heterocycles. The number of hydrogen-bond donors (Lipinski definition) is 1. The summed E-state index contributed by atoms with van der Waals surface area (Å²) in [5, 5.41) is 2.25. The molecule has 0 aliphatic carbocycles. The summed E-state index contributed by atoms with van der Waals surface area (Å²) in [6.07, 6.45) is 1.83. The molecule has 0 saturated carbocycles. The van der Waals surface area contributed by atoms with Crippen LogP contribution in [-0.2, 0) is 16.0 Å². The lowest BCUT2D eigenvalue weighted by Crippen LogP contribution is -2.54. The number of halogens is 2. The molecule has 0 radical (unpaired) electrons. The number of nitrogens with one attached hydrogen (secondary N) is 1. The Morgan fingerprint density at radius 3 is 2.45 bits per heavy atom. The molecule has 3 aromatic rings. The molecule has 0 bridgehead atoms. The molecule has 4 amide bonds. The second-order valence-corrected chi connectivity index (χ2v) is 8.65. The molecular formula is C26H20BrFN2O3. The van der Waals surface area contributed by atoms with Gasteiger partial charge in [-0.25, -0.2) is 14.1 Å². The van der Waals surface area contributed by atoms with Crippen molar-refractivity contribution in [1.29, 1.82) is 0 Å². The Balaban J connectivity index is 1.66. The second-order valence-electron chi connectivity index (χ2n) is 7.80. The van der Waals surface area contributed by atoms with Crippen molar-refractivity contribution in [3.8, 4) is 0 Å². The summed E-state index contributed by atoms with van der Waals surface area (Å²) in [5.74, 6) is -1.72. The van der Waals surface area contributed by atoms with Crippen molar-refractivity contribution in [2.75, 3.05) is 4.90 Å². The SMILES string of the molecule is Cc1cccc(N2C(=O)NC(=O)/C(=C\c3ccc(Cc4ccccc4F)c(Br)c3)C2=O)c1C. The fourth-order valence-corrected chi connectivity index (χ4v) is 4.20. The van der Waals surface area contributed by atoms with Gasteiger partial charge in [-0.15, -0.1) is 0 Å². The van der Waals surface area contributed by atoms with Crippen molar-refractivity contribution in [3.05, 3.63) is 104 Å². The average molecular weight is 507 g/mol. The number of amides is 4. The first kappa shape index (κ1) is 22.6. The summed E-state index contributed by atoms with van der Waals surface area (Å²) in [4.78, 5) is 39.1. The first-order valence-electron chi connectivity index (χ1n) is 10.3. The fourth-order valence-electron chi connectivity index (χ4n) is 3.66. The largest absolute Gasteiger partial charge is 0.335 e. The first-order valence-corrected chi connectivity index (χ1v) is 11.0. The van der Waals surface area contributed by atoms with E-state index in [2.05, 4.69) is 21.2 Å². The van der Waals surface area contributed by atoms with Gasteiger partial charge in [-0.3, -0.25) is 14.9 Å². The molecule has 0 unspecified atom stereocenters. The number of anilines is 1. The molecule has 7 heteroatoms. The first-order chi connectivity index (χ1) is 15.8. The molecule has 1 aliphatic rings. The number of imide groups is 2. The van der Waals surface area contributed by atoms with E-state index in [1.54, 1.807) is 42.5 Å². The number of hydrogen-bond acceptors (Lipinski definition) is 3. The van der Waals surface area contributed by atoms with Crippen LogP contribution in [0.15, 0.2) is 70.7 Å². The number of carbonyl (C=O) groups excluding carboxylic acids is 3. The van der Waals surface area contributed by atoms with Gasteiger partial charge in [0, 0.05) is 10.9 Å². The van der Waals surface area contributed by atoms with E-state index in [1.165, 1.54) is 12.1 Å². The Kier molecular flexibility index (Phi) is 6.24. The molecule has 1 N–H and O–H groups in total. The van der Waals surface area contributed by atoms with Crippen LogP contribution in [0.25, 0.3) is 6.08 Å². The summed E-state index contributed by atoms with van der Waals surface area (Å²) in [6, 6.07) is 16.4. The smallest absolute Gasteiger partial charge is 0.273 e.